The largest absolute Gasteiger partial charge is 0.619 e. The summed E-state index contributed by atoms with van der Waals surface area (Å²) in [5.41, 5.74) is 1.49. The van der Waals surface area contributed by atoms with E-state index in [1.807, 2.05) is 0 Å². The molecule has 18 heavy (non-hydrogen) atoms. The van der Waals surface area contributed by atoms with Crippen molar-refractivity contribution in [1.82, 2.24) is 0 Å². The minimum absolute atomic E-state index is 0.468. The Hall–Kier alpha value is -2.56. The van der Waals surface area contributed by atoms with Gasteiger partial charge in [0, 0.05) is 17.0 Å². The van der Waals surface area contributed by atoms with Gasteiger partial charge in [0.15, 0.2) is 30.0 Å². The Morgan fingerprint density at radius 3 is 2.94 bits per heavy atom. The van der Waals surface area contributed by atoms with Gasteiger partial charge in [-0.1, -0.05) is 0 Å². The number of furan rings is 1. The van der Waals surface area contributed by atoms with Crippen molar-refractivity contribution >= 4 is 28.2 Å². The standard InChI is InChI=1S/C13H9NO4/c1-17-11-3-2-8(7-15)12-9-6-14(16)5-4-10(9)18-13(11)12/h2-7H,1H3. The van der Waals surface area contributed by atoms with Crippen LogP contribution in [0, 0.1) is 5.21 Å². The molecule has 2 aromatic heterocycles. The highest BCUT2D eigenvalue weighted by atomic mass is 16.5. The second kappa shape index (κ2) is 3.73. The highest BCUT2D eigenvalue weighted by Gasteiger charge is 2.16. The number of rotatable bonds is 2. The number of pyridine rings is 1. The van der Waals surface area contributed by atoms with Crippen molar-refractivity contribution in [2.24, 2.45) is 0 Å². The summed E-state index contributed by atoms with van der Waals surface area (Å²) in [6, 6.07) is 4.88. The van der Waals surface area contributed by atoms with Gasteiger partial charge in [-0.15, -0.1) is 0 Å². The molecule has 0 N–H and O–H groups in total. The Kier molecular flexibility index (Phi) is 2.19. The lowest BCUT2D eigenvalue weighted by atomic mass is 10.1. The molecule has 0 bridgehead atoms. The summed E-state index contributed by atoms with van der Waals surface area (Å²) in [6.07, 6.45) is 3.46. The third-order valence-electron chi connectivity index (χ3n) is 2.88. The van der Waals surface area contributed by atoms with Crippen LogP contribution in [0.15, 0.2) is 35.0 Å². The molecule has 0 fully saturated rings. The van der Waals surface area contributed by atoms with Gasteiger partial charge in [0.25, 0.3) is 0 Å². The van der Waals surface area contributed by atoms with Crippen molar-refractivity contribution < 1.29 is 18.7 Å². The lowest BCUT2D eigenvalue weighted by Gasteiger charge is -2.01. The number of nitrogens with zero attached hydrogens (tertiary/aromatic N) is 1. The molecule has 0 atom stereocenters. The number of hydrogen-bond donors (Lipinski definition) is 0. The summed E-state index contributed by atoms with van der Waals surface area (Å²) in [7, 11) is 1.52. The van der Waals surface area contributed by atoms with E-state index in [0.29, 0.717) is 38.0 Å². The zero-order chi connectivity index (χ0) is 12.7. The summed E-state index contributed by atoms with van der Waals surface area (Å²) in [5, 5.41) is 12.5. The highest BCUT2D eigenvalue weighted by Crippen LogP contribution is 2.35. The Morgan fingerprint density at radius 1 is 1.39 bits per heavy atom. The summed E-state index contributed by atoms with van der Waals surface area (Å²) in [5.74, 6) is 0.532. The predicted octanol–water partition coefficient (Wildman–Crippen LogP) is 2.04. The molecule has 0 unspecified atom stereocenters. The van der Waals surface area contributed by atoms with Crippen LogP contribution in [0.3, 0.4) is 0 Å². The number of carbonyl (C=O) groups excluding carboxylic acids is 1. The minimum atomic E-state index is 0.468. The maximum Gasteiger partial charge on any atom is 0.192 e. The zero-order valence-corrected chi connectivity index (χ0v) is 9.54. The summed E-state index contributed by atoms with van der Waals surface area (Å²) < 4.78 is 11.5. The van der Waals surface area contributed by atoms with Crippen molar-refractivity contribution in [2.45, 2.75) is 0 Å². The molecular formula is C13H9NO4. The molecule has 0 aliphatic rings. The second-order valence-corrected chi connectivity index (χ2v) is 3.86. The predicted molar refractivity (Wildman–Crippen MR) is 64.6 cm³/mol. The van der Waals surface area contributed by atoms with Crippen LogP contribution >= 0.6 is 0 Å². The minimum Gasteiger partial charge on any atom is -0.619 e. The first-order chi connectivity index (χ1) is 8.74. The van der Waals surface area contributed by atoms with E-state index in [2.05, 4.69) is 0 Å². The average molecular weight is 243 g/mol. The van der Waals surface area contributed by atoms with Gasteiger partial charge in [-0.3, -0.25) is 4.79 Å². The first kappa shape index (κ1) is 10.6. The van der Waals surface area contributed by atoms with Crippen molar-refractivity contribution in [3.8, 4) is 5.75 Å². The average Bonchev–Trinajstić information content (AvgIpc) is 2.76. The molecule has 5 heteroatoms. The van der Waals surface area contributed by atoms with E-state index in [1.165, 1.54) is 19.5 Å². The summed E-state index contributed by atoms with van der Waals surface area (Å²) >= 11 is 0. The number of aldehydes is 1. The van der Waals surface area contributed by atoms with E-state index in [9.17, 15) is 10.0 Å². The number of fused-ring (bicyclic) bond motifs is 3. The number of hydrogen-bond acceptors (Lipinski definition) is 4. The van der Waals surface area contributed by atoms with Gasteiger partial charge in [0.05, 0.1) is 12.5 Å². The van der Waals surface area contributed by atoms with Gasteiger partial charge in [0.1, 0.15) is 5.58 Å². The van der Waals surface area contributed by atoms with Crippen molar-refractivity contribution in [2.75, 3.05) is 7.11 Å². The quantitative estimate of drug-likeness (QED) is 0.392. The Balaban J connectivity index is 2.56. The van der Waals surface area contributed by atoms with Gasteiger partial charge in [-0.2, -0.15) is 4.73 Å². The number of aromatic nitrogens is 1. The van der Waals surface area contributed by atoms with Crippen molar-refractivity contribution in [3.63, 3.8) is 0 Å². The van der Waals surface area contributed by atoms with Crippen LogP contribution in [0.5, 0.6) is 5.75 Å². The normalized spacial score (nSPS) is 10.9. The monoisotopic (exact) mass is 243 g/mol. The fourth-order valence-electron chi connectivity index (χ4n) is 2.07. The van der Waals surface area contributed by atoms with E-state index in [-0.39, 0.29) is 0 Å². The van der Waals surface area contributed by atoms with Crippen LogP contribution in [0.25, 0.3) is 21.9 Å². The molecule has 2 heterocycles. The van der Waals surface area contributed by atoms with E-state index < -0.39 is 0 Å². The molecule has 0 amide bonds. The highest BCUT2D eigenvalue weighted by molar-refractivity contribution is 6.13. The van der Waals surface area contributed by atoms with Crippen molar-refractivity contribution in [1.29, 1.82) is 0 Å². The van der Waals surface area contributed by atoms with Gasteiger partial charge in [-0.05, 0) is 12.1 Å². The summed E-state index contributed by atoms with van der Waals surface area (Å²) in [6.45, 7) is 0. The first-order valence-electron chi connectivity index (χ1n) is 5.32. The molecule has 0 saturated heterocycles. The molecule has 90 valence electrons. The molecule has 5 nitrogen and oxygen atoms in total. The maximum atomic E-state index is 11.3. The van der Waals surface area contributed by atoms with E-state index in [4.69, 9.17) is 9.15 Å². The Labute approximate surface area is 102 Å². The van der Waals surface area contributed by atoms with Gasteiger partial charge in [0.2, 0.25) is 0 Å². The number of carbonyl (C=O) groups is 1. The Bertz CT molecular complexity index is 760. The van der Waals surface area contributed by atoms with Crippen LogP contribution in [-0.2, 0) is 0 Å². The molecule has 3 rings (SSSR count). The third-order valence-corrected chi connectivity index (χ3v) is 2.88. The van der Waals surface area contributed by atoms with E-state index in [1.54, 1.807) is 18.2 Å². The molecule has 0 aliphatic carbocycles. The summed E-state index contributed by atoms with van der Waals surface area (Å²) in [4.78, 5) is 11.1. The van der Waals surface area contributed by atoms with E-state index >= 15 is 0 Å². The second-order valence-electron chi connectivity index (χ2n) is 3.86. The van der Waals surface area contributed by atoms with Crippen LogP contribution in [-0.4, -0.2) is 13.4 Å². The number of benzene rings is 1. The van der Waals surface area contributed by atoms with E-state index in [0.717, 1.165) is 6.29 Å². The van der Waals surface area contributed by atoms with Crippen LogP contribution < -0.4 is 9.47 Å². The Morgan fingerprint density at radius 2 is 2.22 bits per heavy atom. The molecule has 0 radical (unpaired) electrons. The van der Waals surface area contributed by atoms with Crippen molar-refractivity contribution in [3.05, 3.63) is 41.4 Å². The SMILES string of the molecule is COc1ccc(C=O)c2c1oc1cc[n+]([O-])cc12. The lowest BCUT2D eigenvalue weighted by Crippen LogP contribution is -2.23. The van der Waals surface area contributed by atoms with Crippen LogP contribution in [0.1, 0.15) is 10.4 Å². The third kappa shape index (κ3) is 1.34. The smallest absolute Gasteiger partial charge is 0.192 e. The molecule has 0 spiro atoms. The fourth-order valence-corrected chi connectivity index (χ4v) is 2.07. The fraction of sp³-hybridized carbons (Fsp3) is 0.0769. The number of methoxy groups -OCH3 is 1. The molecule has 0 saturated carbocycles. The first-order valence-corrected chi connectivity index (χ1v) is 5.32. The van der Waals surface area contributed by atoms with Gasteiger partial charge in [-0.25, -0.2) is 0 Å². The maximum absolute atomic E-state index is 11.3. The molecular weight excluding hydrogens is 234 g/mol. The number of ether oxygens (including phenoxy) is 1. The molecule has 0 aliphatic heterocycles. The van der Waals surface area contributed by atoms with Gasteiger partial charge < -0.3 is 14.4 Å². The van der Waals surface area contributed by atoms with Gasteiger partial charge >= 0.3 is 0 Å². The molecule has 1 aromatic carbocycles. The van der Waals surface area contributed by atoms with Crippen LogP contribution in [0.4, 0.5) is 0 Å². The zero-order valence-electron chi connectivity index (χ0n) is 9.54. The molecule has 3 aromatic rings. The topological polar surface area (TPSA) is 66.4 Å². The lowest BCUT2D eigenvalue weighted by molar-refractivity contribution is -0.603. The van der Waals surface area contributed by atoms with Crippen LogP contribution in [0.2, 0.25) is 0 Å².